The number of hydrogen-bond acceptors (Lipinski definition) is 2. The second kappa shape index (κ2) is 5.55. The molecule has 0 aliphatic heterocycles. The van der Waals surface area contributed by atoms with Crippen molar-refractivity contribution in [1.29, 1.82) is 0 Å². The molecule has 0 saturated heterocycles. The van der Waals surface area contributed by atoms with Crippen LogP contribution in [0.5, 0.6) is 0 Å². The van der Waals surface area contributed by atoms with Crippen molar-refractivity contribution in [3.8, 4) is 0 Å². The first kappa shape index (κ1) is 12.6. The van der Waals surface area contributed by atoms with Gasteiger partial charge in [0.05, 0.1) is 12.2 Å². The van der Waals surface area contributed by atoms with E-state index in [0.717, 1.165) is 12.1 Å². The molecule has 0 radical (unpaired) electrons. The average molecular weight is 229 g/mol. The zero-order valence-electron chi connectivity index (χ0n) is 9.09. The van der Waals surface area contributed by atoms with Crippen LogP contribution in [0.3, 0.4) is 0 Å². The molecule has 0 bridgehead atoms. The molecule has 0 aromatic heterocycles. The summed E-state index contributed by atoms with van der Waals surface area (Å²) < 4.78 is 25.7. The Morgan fingerprint density at radius 2 is 2.12 bits per heavy atom. The molecule has 0 heterocycles. The molecule has 3 nitrogen and oxygen atoms in total. The maximum absolute atomic E-state index is 13.1. The zero-order chi connectivity index (χ0) is 12.1. The third-order valence-corrected chi connectivity index (χ3v) is 1.76. The van der Waals surface area contributed by atoms with E-state index in [1.54, 1.807) is 0 Å². The third-order valence-electron chi connectivity index (χ3n) is 1.76. The fraction of sp³-hybridized carbons (Fsp3) is 0.364. The summed E-state index contributed by atoms with van der Waals surface area (Å²) in [6.45, 7) is 4.14. The summed E-state index contributed by atoms with van der Waals surface area (Å²) in [5, 5.41) is 0. The molecule has 0 aliphatic rings. The van der Waals surface area contributed by atoms with Crippen molar-refractivity contribution >= 4 is 5.91 Å². The molecule has 5 heteroatoms. The lowest BCUT2D eigenvalue weighted by Gasteiger charge is -2.08. The van der Waals surface area contributed by atoms with E-state index in [0.29, 0.717) is 12.7 Å². The SMILES string of the molecule is CC(C)CONC(=O)c1ccc(F)cc1F. The number of nitrogens with one attached hydrogen (secondary N) is 1. The van der Waals surface area contributed by atoms with Crippen LogP contribution in [0.25, 0.3) is 0 Å². The number of benzene rings is 1. The smallest absolute Gasteiger partial charge is 0.273 e. The minimum atomic E-state index is -0.911. The van der Waals surface area contributed by atoms with Crippen molar-refractivity contribution in [2.45, 2.75) is 13.8 Å². The Balaban J connectivity index is 2.59. The van der Waals surface area contributed by atoms with Gasteiger partial charge in [0, 0.05) is 6.07 Å². The van der Waals surface area contributed by atoms with E-state index in [1.165, 1.54) is 0 Å². The van der Waals surface area contributed by atoms with E-state index in [2.05, 4.69) is 5.48 Å². The van der Waals surface area contributed by atoms with Crippen LogP contribution in [0.1, 0.15) is 24.2 Å². The fourth-order valence-corrected chi connectivity index (χ4v) is 1.00. The highest BCUT2D eigenvalue weighted by atomic mass is 19.1. The maximum atomic E-state index is 13.1. The highest BCUT2D eigenvalue weighted by Gasteiger charge is 2.12. The summed E-state index contributed by atoms with van der Waals surface area (Å²) >= 11 is 0. The highest BCUT2D eigenvalue weighted by Crippen LogP contribution is 2.09. The standard InChI is InChI=1S/C11H13F2NO2/c1-7(2)6-16-14-11(15)9-4-3-8(12)5-10(9)13/h3-5,7H,6H2,1-2H3,(H,14,15). The quantitative estimate of drug-likeness (QED) is 0.804. The molecule has 0 aliphatic carbocycles. The summed E-state index contributed by atoms with van der Waals surface area (Å²) in [5.41, 5.74) is 1.84. The van der Waals surface area contributed by atoms with Gasteiger partial charge in [-0.1, -0.05) is 13.8 Å². The molecule has 1 aromatic carbocycles. The average Bonchev–Trinajstić information content (AvgIpc) is 2.16. The Morgan fingerprint density at radius 3 is 2.69 bits per heavy atom. The van der Waals surface area contributed by atoms with Gasteiger partial charge in [-0.3, -0.25) is 9.63 Å². The van der Waals surface area contributed by atoms with Crippen LogP contribution in [-0.2, 0) is 4.84 Å². The van der Waals surface area contributed by atoms with Gasteiger partial charge in [-0.25, -0.2) is 14.3 Å². The first-order valence-electron chi connectivity index (χ1n) is 4.88. The molecule has 1 amide bonds. The van der Waals surface area contributed by atoms with E-state index in [9.17, 15) is 13.6 Å². The van der Waals surface area contributed by atoms with Gasteiger partial charge < -0.3 is 0 Å². The minimum absolute atomic E-state index is 0.245. The number of hydrogen-bond donors (Lipinski definition) is 1. The molecular weight excluding hydrogens is 216 g/mol. The molecule has 0 spiro atoms. The zero-order valence-corrected chi connectivity index (χ0v) is 9.09. The first-order valence-corrected chi connectivity index (χ1v) is 4.88. The van der Waals surface area contributed by atoms with Crippen LogP contribution >= 0.6 is 0 Å². The first-order chi connectivity index (χ1) is 7.50. The normalized spacial score (nSPS) is 10.6. The van der Waals surface area contributed by atoms with E-state index < -0.39 is 17.5 Å². The monoisotopic (exact) mass is 229 g/mol. The molecule has 1 aromatic rings. The van der Waals surface area contributed by atoms with Gasteiger partial charge in [-0.05, 0) is 18.1 Å². The van der Waals surface area contributed by atoms with E-state index >= 15 is 0 Å². The number of carbonyl (C=O) groups excluding carboxylic acids is 1. The van der Waals surface area contributed by atoms with Crippen LogP contribution in [-0.4, -0.2) is 12.5 Å². The third kappa shape index (κ3) is 3.58. The Kier molecular flexibility index (Phi) is 4.37. The van der Waals surface area contributed by atoms with Crippen LogP contribution < -0.4 is 5.48 Å². The van der Waals surface area contributed by atoms with Crippen molar-refractivity contribution in [2.75, 3.05) is 6.61 Å². The van der Waals surface area contributed by atoms with Crippen LogP contribution in [0, 0.1) is 17.6 Å². The summed E-state index contributed by atoms with van der Waals surface area (Å²) in [6, 6.07) is 2.73. The summed E-state index contributed by atoms with van der Waals surface area (Å²) in [6.07, 6.45) is 0. The molecule has 88 valence electrons. The van der Waals surface area contributed by atoms with Crippen LogP contribution in [0.4, 0.5) is 8.78 Å². The topological polar surface area (TPSA) is 38.3 Å². The van der Waals surface area contributed by atoms with Crippen molar-refractivity contribution in [3.63, 3.8) is 0 Å². The predicted octanol–water partition coefficient (Wildman–Crippen LogP) is 2.28. The van der Waals surface area contributed by atoms with E-state index in [1.807, 2.05) is 13.8 Å². The number of carbonyl (C=O) groups is 1. The van der Waals surface area contributed by atoms with Crippen LogP contribution in [0.15, 0.2) is 18.2 Å². The van der Waals surface area contributed by atoms with Gasteiger partial charge in [0.15, 0.2) is 0 Å². The summed E-state index contributed by atoms with van der Waals surface area (Å²) in [7, 11) is 0. The molecule has 16 heavy (non-hydrogen) atoms. The number of halogens is 2. The van der Waals surface area contributed by atoms with Gasteiger partial charge in [0.1, 0.15) is 11.6 Å². The maximum Gasteiger partial charge on any atom is 0.277 e. The Bertz CT molecular complexity index is 380. The second-order valence-corrected chi connectivity index (χ2v) is 3.76. The molecule has 1 rings (SSSR count). The fourth-order valence-electron chi connectivity index (χ4n) is 1.00. The van der Waals surface area contributed by atoms with Crippen molar-refractivity contribution in [1.82, 2.24) is 5.48 Å². The molecular formula is C11H13F2NO2. The lowest BCUT2D eigenvalue weighted by atomic mass is 10.2. The van der Waals surface area contributed by atoms with Gasteiger partial charge >= 0.3 is 0 Å². The number of amides is 1. The lowest BCUT2D eigenvalue weighted by molar-refractivity contribution is 0.0205. The van der Waals surface area contributed by atoms with Gasteiger partial charge in [-0.15, -0.1) is 0 Å². The van der Waals surface area contributed by atoms with E-state index in [-0.39, 0.29) is 11.5 Å². The summed E-state index contributed by atoms with van der Waals surface area (Å²) in [4.78, 5) is 16.2. The lowest BCUT2D eigenvalue weighted by Crippen LogP contribution is -2.26. The predicted molar refractivity (Wildman–Crippen MR) is 54.6 cm³/mol. The molecule has 1 N–H and O–H groups in total. The summed E-state index contributed by atoms with van der Waals surface area (Å²) in [5.74, 6) is -2.11. The van der Waals surface area contributed by atoms with Crippen molar-refractivity contribution in [2.24, 2.45) is 5.92 Å². The van der Waals surface area contributed by atoms with E-state index in [4.69, 9.17) is 4.84 Å². The largest absolute Gasteiger partial charge is 0.277 e. The number of hydroxylamine groups is 1. The highest BCUT2D eigenvalue weighted by molar-refractivity contribution is 5.93. The van der Waals surface area contributed by atoms with Gasteiger partial charge in [0.25, 0.3) is 5.91 Å². The minimum Gasteiger partial charge on any atom is -0.273 e. The van der Waals surface area contributed by atoms with Crippen molar-refractivity contribution in [3.05, 3.63) is 35.4 Å². The number of rotatable bonds is 4. The van der Waals surface area contributed by atoms with Crippen LogP contribution in [0.2, 0.25) is 0 Å². The Hall–Kier alpha value is -1.49. The second-order valence-electron chi connectivity index (χ2n) is 3.76. The molecule has 0 atom stereocenters. The Morgan fingerprint density at radius 1 is 1.44 bits per heavy atom. The van der Waals surface area contributed by atoms with Crippen molar-refractivity contribution < 1.29 is 18.4 Å². The van der Waals surface area contributed by atoms with Gasteiger partial charge in [-0.2, -0.15) is 0 Å². The molecule has 0 unspecified atom stereocenters. The molecule has 0 fully saturated rings. The Labute approximate surface area is 92.4 Å². The van der Waals surface area contributed by atoms with Gasteiger partial charge in [0.2, 0.25) is 0 Å². The molecule has 0 saturated carbocycles.